The Balaban J connectivity index is 1.54. The van der Waals surface area contributed by atoms with Gasteiger partial charge in [0.25, 0.3) is 11.1 Å². The van der Waals surface area contributed by atoms with Gasteiger partial charge in [-0.1, -0.05) is 48.5 Å². The maximum atomic E-state index is 13.9. The highest BCUT2D eigenvalue weighted by molar-refractivity contribution is 8.18. The lowest BCUT2D eigenvalue weighted by molar-refractivity contribution is -0.123. The average molecular weight is 470 g/mol. The quantitative estimate of drug-likeness (QED) is 0.380. The van der Waals surface area contributed by atoms with Crippen LogP contribution in [0.3, 0.4) is 0 Å². The fraction of sp³-hybridized carbons (Fsp3) is 0.0435. The third-order valence-electron chi connectivity index (χ3n) is 4.55. The van der Waals surface area contributed by atoms with E-state index in [1.807, 2.05) is 0 Å². The van der Waals surface area contributed by atoms with Crippen LogP contribution in [0.2, 0.25) is 0 Å². The second-order valence-corrected chi connectivity index (χ2v) is 9.32. The van der Waals surface area contributed by atoms with Gasteiger partial charge in [0.05, 0.1) is 11.4 Å². The number of hydrogen-bond acceptors (Lipinski definition) is 6. The molecular weight excluding hydrogens is 453 g/mol. The van der Waals surface area contributed by atoms with Crippen LogP contribution in [0.15, 0.2) is 88.7 Å². The summed E-state index contributed by atoms with van der Waals surface area (Å²) in [6.45, 7) is -0.173. The number of carbonyl (C=O) groups is 2. The topological polar surface area (TPSA) is 80.8 Å². The first-order valence-electron chi connectivity index (χ1n) is 9.42. The van der Waals surface area contributed by atoms with Gasteiger partial charge in [-0.15, -0.1) is 0 Å². The number of benzene rings is 3. The van der Waals surface area contributed by atoms with E-state index in [2.05, 4.69) is 0 Å². The molecule has 9 heteroatoms. The zero-order valence-corrected chi connectivity index (χ0v) is 18.1. The monoisotopic (exact) mass is 469 g/mol. The number of carbonyl (C=O) groups excluding carboxylic acids is 2. The SMILES string of the molecule is O=C1S/C(=C\c2cccc(OS(=O)(=O)c3ccccc3)c2)C(=O)N1Cc1ccccc1F. The van der Waals surface area contributed by atoms with E-state index in [0.717, 1.165) is 16.7 Å². The van der Waals surface area contributed by atoms with Crippen molar-refractivity contribution in [3.05, 3.63) is 101 Å². The largest absolute Gasteiger partial charge is 0.379 e. The van der Waals surface area contributed by atoms with E-state index in [1.165, 1.54) is 48.5 Å². The third-order valence-corrected chi connectivity index (χ3v) is 6.72. The molecule has 0 spiro atoms. The maximum Gasteiger partial charge on any atom is 0.339 e. The van der Waals surface area contributed by atoms with E-state index in [9.17, 15) is 22.4 Å². The minimum absolute atomic E-state index is 0.0136. The molecule has 0 saturated carbocycles. The Labute approximate surface area is 188 Å². The number of imide groups is 1. The van der Waals surface area contributed by atoms with Crippen LogP contribution >= 0.6 is 11.8 Å². The summed E-state index contributed by atoms with van der Waals surface area (Å²) in [4.78, 5) is 26.1. The first kappa shape index (κ1) is 21.8. The van der Waals surface area contributed by atoms with Crippen LogP contribution in [0, 0.1) is 5.82 Å². The molecule has 0 unspecified atom stereocenters. The van der Waals surface area contributed by atoms with Gasteiger partial charge >= 0.3 is 10.1 Å². The number of halogens is 1. The maximum absolute atomic E-state index is 13.9. The van der Waals surface area contributed by atoms with E-state index in [1.54, 1.807) is 36.4 Å². The summed E-state index contributed by atoms with van der Waals surface area (Å²) in [5.41, 5.74) is 0.708. The van der Waals surface area contributed by atoms with Gasteiger partial charge in [-0.3, -0.25) is 14.5 Å². The lowest BCUT2D eigenvalue weighted by atomic mass is 10.2. The van der Waals surface area contributed by atoms with E-state index < -0.39 is 27.1 Å². The van der Waals surface area contributed by atoms with Gasteiger partial charge < -0.3 is 4.18 Å². The molecule has 0 atom stereocenters. The molecule has 0 bridgehead atoms. The normalized spacial score (nSPS) is 15.4. The van der Waals surface area contributed by atoms with Crippen LogP contribution in [0.4, 0.5) is 9.18 Å². The van der Waals surface area contributed by atoms with Crippen molar-refractivity contribution in [3.63, 3.8) is 0 Å². The Morgan fingerprint density at radius 2 is 1.66 bits per heavy atom. The highest BCUT2D eigenvalue weighted by atomic mass is 32.2. The van der Waals surface area contributed by atoms with Crippen LogP contribution in [0.25, 0.3) is 6.08 Å². The Morgan fingerprint density at radius 1 is 0.938 bits per heavy atom. The number of amides is 2. The summed E-state index contributed by atoms with van der Waals surface area (Å²) in [7, 11) is -4.02. The van der Waals surface area contributed by atoms with Crippen molar-refractivity contribution in [2.24, 2.45) is 0 Å². The molecule has 1 heterocycles. The second kappa shape index (κ2) is 8.97. The van der Waals surface area contributed by atoms with Crippen LogP contribution in [-0.4, -0.2) is 24.5 Å². The van der Waals surface area contributed by atoms with Crippen molar-refractivity contribution in [3.8, 4) is 5.75 Å². The second-order valence-electron chi connectivity index (χ2n) is 6.78. The molecule has 0 aliphatic carbocycles. The van der Waals surface area contributed by atoms with Crippen molar-refractivity contribution in [2.45, 2.75) is 11.4 Å². The Morgan fingerprint density at radius 3 is 2.41 bits per heavy atom. The van der Waals surface area contributed by atoms with Crippen molar-refractivity contribution in [1.82, 2.24) is 4.90 Å². The van der Waals surface area contributed by atoms with Crippen LogP contribution in [0.1, 0.15) is 11.1 Å². The van der Waals surface area contributed by atoms with Gasteiger partial charge in [-0.2, -0.15) is 8.42 Å². The number of nitrogens with zero attached hydrogens (tertiary/aromatic N) is 1. The molecule has 0 N–H and O–H groups in total. The van der Waals surface area contributed by atoms with E-state index in [0.29, 0.717) is 5.56 Å². The molecule has 3 aromatic carbocycles. The summed E-state index contributed by atoms with van der Waals surface area (Å²) in [6, 6.07) is 19.8. The molecule has 1 aliphatic rings. The summed E-state index contributed by atoms with van der Waals surface area (Å²) >= 11 is 0.735. The molecule has 0 aromatic heterocycles. The molecule has 2 amide bonds. The highest BCUT2D eigenvalue weighted by Gasteiger charge is 2.35. The van der Waals surface area contributed by atoms with Crippen molar-refractivity contribution in [1.29, 1.82) is 0 Å². The minimum Gasteiger partial charge on any atom is -0.379 e. The summed E-state index contributed by atoms with van der Waals surface area (Å²) in [6.07, 6.45) is 1.47. The first-order valence-corrected chi connectivity index (χ1v) is 11.6. The predicted octanol–water partition coefficient (Wildman–Crippen LogP) is 4.83. The number of hydrogen-bond donors (Lipinski definition) is 0. The van der Waals surface area contributed by atoms with Crippen LogP contribution in [0.5, 0.6) is 5.75 Å². The van der Waals surface area contributed by atoms with Gasteiger partial charge in [0.15, 0.2) is 0 Å². The van der Waals surface area contributed by atoms with Crippen molar-refractivity contribution in [2.75, 3.05) is 0 Å². The Kier molecular flexibility index (Phi) is 6.11. The Bertz CT molecular complexity index is 1320. The van der Waals surface area contributed by atoms with Crippen LogP contribution < -0.4 is 4.18 Å². The lowest BCUT2D eigenvalue weighted by Gasteiger charge is -2.12. The molecular formula is C23H16FNO5S2. The molecule has 6 nitrogen and oxygen atoms in total. The zero-order valence-electron chi connectivity index (χ0n) is 16.5. The molecule has 32 heavy (non-hydrogen) atoms. The van der Waals surface area contributed by atoms with Gasteiger partial charge in [-0.25, -0.2) is 4.39 Å². The van der Waals surface area contributed by atoms with E-state index in [-0.39, 0.29) is 27.7 Å². The van der Waals surface area contributed by atoms with Gasteiger partial charge in [-0.05, 0) is 53.7 Å². The van der Waals surface area contributed by atoms with Crippen molar-refractivity contribution < 1.29 is 26.6 Å². The van der Waals surface area contributed by atoms with E-state index in [4.69, 9.17) is 4.18 Å². The fourth-order valence-electron chi connectivity index (χ4n) is 3.00. The molecule has 3 aromatic rings. The van der Waals surface area contributed by atoms with Crippen molar-refractivity contribution >= 4 is 39.1 Å². The predicted molar refractivity (Wildman–Crippen MR) is 119 cm³/mol. The van der Waals surface area contributed by atoms with Crippen LogP contribution in [-0.2, 0) is 21.5 Å². The third kappa shape index (κ3) is 4.74. The lowest BCUT2D eigenvalue weighted by Crippen LogP contribution is -2.27. The van der Waals surface area contributed by atoms with Gasteiger partial charge in [0, 0.05) is 5.56 Å². The standard InChI is InChI=1S/C23H16FNO5S2/c24-20-12-5-4-8-17(20)15-25-22(26)21(31-23(25)27)14-16-7-6-9-18(13-16)30-32(28,29)19-10-2-1-3-11-19/h1-14H,15H2/b21-14-. The minimum atomic E-state index is -4.02. The fourth-order valence-corrected chi connectivity index (χ4v) is 4.78. The van der Waals surface area contributed by atoms with E-state index >= 15 is 0 Å². The summed E-state index contributed by atoms with van der Waals surface area (Å²) in [5.74, 6) is -0.986. The molecule has 4 rings (SSSR count). The van der Waals surface area contributed by atoms with Gasteiger partial charge in [0.1, 0.15) is 16.5 Å². The molecule has 1 aliphatic heterocycles. The summed E-state index contributed by atoms with van der Waals surface area (Å²) in [5, 5.41) is -0.511. The first-order chi connectivity index (χ1) is 15.3. The number of rotatable bonds is 6. The highest BCUT2D eigenvalue weighted by Crippen LogP contribution is 2.34. The zero-order chi connectivity index (χ0) is 22.7. The summed E-state index contributed by atoms with van der Waals surface area (Å²) < 4.78 is 43.9. The average Bonchev–Trinajstić information content (AvgIpc) is 3.03. The molecule has 162 valence electrons. The molecule has 0 radical (unpaired) electrons. The smallest absolute Gasteiger partial charge is 0.339 e. The number of thioether (sulfide) groups is 1. The molecule has 1 fully saturated rings. The van der Waals surface area contributed by atoms with Gasteiger partial charge in [0.2, 0.25) is 0 Å². The molecule has 1 saturated heterocycles. The Hall–Kier alpha value is -3.43.